The van der Waals surface area contributed by atoms with Crippen LogP contribution in [0.1, 0.15) is 30.3 Å². The number of ether oxygens (including phenoxy) is 2. The number of hydrogen-bond acceptors (Lipinski definition) is 5. The Morgan fingerprint density at radius 3 is 2.58 bits per heavy atom. The lowest BCUT2D eigenvalue weighted by atomic mass is 10.1. The highest BCUT2D eigenvalue weighted by Gasteiger charge is 2.18. The van der Waals surface area contributed by atoms with Crippen LogP contribution in [-0.4, -0.2) is 22.7 Å². The highest BCUT2D eigenvalue weighted by atomic mass is 16.5. The minimum absolute atomic E-state index is 0.223. The Kier molecular flexibility index (Phi) is 5.22. The van der Waals surface area contributed by atoms with Crippen molar-refractivity contribution >= 4 is 16.7 Å². The van der Waals surface area contributed by atoms with Crippen LogP contribution in [0.3, 0.4) is 0 Å². The third-order valence-corrected chi connectivity index (χ3v) is 3.88. The molecule has 0 atom stereocenters. The number of pyridine rings is 1. The molecule has 2 aromatic carbocycles. The molecule has 1 heterocycles. The van der Waals surface area contributed by atoms with Crippen molar-refractivity contribution in [1.82, 2.24) is 4.98 Å². The van der Waals surface area contributed by atoms with Crippen molar-refractivity contribution in [1.29, 1.82) is 0 Å². The topological polar surface area (TPSA) is 88.6 Å². The molecule has 0 spiro atoms. The number of aromatic amines is 1. The van der Waals surface area contributed by atoms with E-state index in [2.05, 4.69) is 4.98 Å². The maximum atomic E-state index is 12.4. The van der Waals surface area contributed by atoms with Crippen molar-refractivity contribution in [3.8, 4) is 17.2 Å². The van der Waals surface area contributed by atoms with Crippen LogP contribution in [0, 0.1) is 0 Å². The summed E-state index contributed by atoms with van der Waals surface area (Å²) in [6.07, 6.45) is 1.59. The number of para-hydroxylation sites is 1. The zero-order valence-electron chi connectivity index (χ0n) is 14.3. The lowest BCUT2D eigenvalue weighted by molar-refractivity contribution is 0.0489. The minimum atomic E-state index is -0.750. The number of carbonyl (C=O) groups is 1. The van der Waals surface area contributed by atoms with Crippen LogP contribution in [0.25, 0.3) is 10.8 Å². The van der Waals surface area contributed by atoms with Gasteiger partial charge in [0.2, 0.25) is 0 Å². The second-order valence-corrected chi connectivity index (χ2v) is 5.79. The molecule has 0 bridgehead atoms. The van der Waals surface area contributed by atoms with Crippen LogP contribution in [0.15, 0.2) is 53.3 Å². The van der Waals surface area contributed by atoms with Gasteiger partial charge in [-0.15, -0.1) is 0 Å². The van der Waals surface area contributed by atoms with E-state index < -0.39 is 11.5 Å². The highest BCUT2D eigenvalue weighted by molar-refractivity contribution is 5.99. The molecular formula is C20H19NO5. The summed E-state index contributed by atoms with van der Waals surface area (Å²) in [5.41, 5.74) is -0.742. The molecule has 6 heteroatoms. The predicted octanol–water partition coefficient (Wildman–Crippen LogP) is 3.98. The number of aromatic hydroxyl groups is 1. The Bertz CT molecular complexity index is 979. The first-order valence-electron chi connectivity index (χ1n) is 8.39. The van der Waals surface area contributed by atoms with E-state index in [0.717, 1.165) is 6.42 Å². The smallest absolute Gasteiger partial charge is 0.358 e. The minimum Gasteiger partial charge on any atom is -0.505 e. The fourth-order valence-electron chi connectivity index (χ4n) is 2.51. The molecule has 0 saturated heterocycles. The normalized spacial score (nSPS) is 10.7. The summed E-state index contributed by atoms with van der Waals surface area (Å²) in [5.74, 6) is 0.0161. The summed E-state index contributed by atoms with van der Waals surface area (Å²) in [6, 6.07) is 13.8. The van der Waals surface area contributed by atoms with Crippen LogP contribution in [-0.2, 0) is 4.74 Å². The summed E-state index contributed by atoms with van der Waals surface area (Å²) in [6.45, 7) is 2.21. The second kappa shape index (κ2) is 7.74. The first-order chi connectivity index (χ1) is 12.6. The van der Waals surface area contributed by atoms with E-state index in [1.807, 2.05) is 25.1 Å². The molecule has 0 radical (unpaired) electrons. The Labute approximate surface area is 150 Å². The molecule has 0 amide bonds. The van der Waals surface area contributed by atoms with Gasteiger partial charge < -0.3 is 19.6 Å². The molecule has 0 aliphatic rings. The van der Waals surface area contributed by atoms with Crippen LogP contribution >= 0.6 is 0 Å². The number of fused-ring (bicyclic) bond motifs is 1. The first kappa shape index (κ1) is 17.5. The van der Waals surface area contributed by atoms with Gasteiger partial charge in [-0.05, 0) is 36.8 Å². The molecule has 0 unspecified atom stereocenters. The molecule has 3 rings (SSSR count). The van der Waals surface area contributed by atoms with Gasteiger partial charge in [-0.25, -0.2) is 4.79 Å². The Balaban J connectivity index is 1.94. The summed E-state index contributed by atoms with van der Waals surface area (Å²) in [4.78, 5) is 26.8. The Morgan fingerprint density at radius 1 is 1.08 bits per heavy atom. The van der Waals surface area contributed by atoms with Crippen molar-refractivity contribution in [2.45, 2.75) is 19.8 Å². The molecule has 1 aromatic heterocycles. The molecule has 134 valence electrons. The van der Waals surface area contributed by atoms with Crippen molar-refractivity contribution in [2.75, 3.05) is 6.61 Å². The number of aromatic nitrogens is 1. The number of nitrogens with one attached hydrogen (secondary N) is 1. The van der Waals surface area contributed by atoms with E-state index in [1.165, 1.54) is 6.07 Å². The summed E-state index contributed by atoms with van der Waals surface area (Å²) >= 11 is 0. The van der Waals surface area contributed by atoms with Gasteiger partial charge in [0.05, 0.1) is 12.0 Å². The molecule has 3 aromatic rings. The number of carbonyl (C=O) groups excluding carboxylic acids is 1. The Hall–Kier alpha value is -3.28. The van der Waals surface area contributed by atoms with Gasteiger partial charge in [0.1, 0.15) is 11.5 Å². The maximum absolute atomic E-state index is 12.4. The van der Waals surface area contributed by atoms with E-state index in [9.17, 15) is 14.7 Å². The standard InChI is InChI=1S/C20H19NO5/c1-2-3-11-25-20(24)17-18(22)15-10-9-14(12-16(15)19(23)21-17)26-13-7-5-4-6-8-13/h4-10,12,22H,2-3,11H2,1H3,(H,21,23). The van der Waals surface area contributed by atoms with Crippen molar-refractivity contribution in [3.63, 3.8) is 0 Å². The molecule has 2 N–H and O–H groups in total. The third-order valence-electron chi connectivity index (χ3n) is 3.88. The molecular weight excluding hydrogens is 334 g/mol. The molecule has 0 aliphatic heterocycles. The van der Waals surface area contributed by atoms with Gasteiger partial charge in [0.25, 0.3) is 5.56 Å². The van der Waals surface area contributed by atoms with E-state index >= 15 is 0 Å². The SMILES string of the molecule is CCCCOC(=O)c1[nH]c(=O)c2cc(Oc3ccccc3)ccc2c1O. The monoisotopic (exact) mass is 353 g/mol. The van der Waals surface area contributed by atoms with E-state index in [0.29, 0.717) is 17.9 Å². The second-order valence-electron chi connectivity index (χ2n) is 5.79. The average Bonchev–Trinajstić information content (AvgIpc) is 2.65. The Morgan fingerprint density at radius 2 is 1.85 bits per heavy atom. The van der Waals surface area contributed by atoms with Gasteiger partial charge >= 0.3 is 5.97 Å². The van der Waals surface area contributed by atoms with Crippen LogP contribution in [0.2, 0.25) is 0 Å². The fourth-order valence-corrected chi connectivity index (χ4v) is 2.51. The number of esters is 1. The van der Waals surface area contributed by atoms with Gasteiger partial charge in [0.15, 0.2) is 11.4 Å². The quantitative estimate of drug-likeness (QED) is 0.517. The molecule has 0 fully saturated rings. The number of hydrogen-bond donors (Lipinski definition) is 2. The summed E-state index contributed by atoms with van der Waals surface area (Å²) in [5, 5.41) is 10.9. The van der Waals surface area contributed by atoms with Gasteiger partial charge in [-0.2, -0.15) is 0 Å². The number of rotatable bonds is 6. The van der Waals surface area contributed by atoms with Crippen LogP contribution in [0.4, 0.5) is 0 Å². The van der Waals surface area contributed by atoms with E-state index in [1.54, 1.807) is 24.3 Å². The largest absolute Gasteiger partial charge is 0.505 e. The number of H-pyrrole nitrogens is 1. The fraction of sp³-hybridized carbons (Fsp3) is 0.200. The van der Waals surface area contributed by atoms with Crippen LogP contribution in [0.5, 0.6) is 17.2 Å². The zero-order chi connectivity index (χ0) is 18.5. The summed E-state index contributed by atoms with van der Waals surface area (Å²) in [7, 11) is 0. The predicted molar refractivity (Wildman–Crippen MR) is 97.9 cm³/mol. The number of benzene rings is 2. The zero-order valence-corrected chi connectivity index (χ0v) is 14.3. The average molecular weight is 353 g/mol. The summed E-state index contributed by atoms with van der Waals surface area (Å²) < 4.78 is 10.8. The van der Waals surface area contributed by atoms with Gasteiger partial charge in [-0.1, -0.05) is 31.5 Å². The van der Waals surface area contributed by atoms with E-state index in [-0.39, 0.29) is 28.8 Å². The van der Waals surface area contributed by atoms with Gasteiger partial charge in [0, 0.05) is 5.39 Å². The molecule has 0 saturated carbocycles. The number of unbranched alkanes of at least 4 members (excludes halogenated alkanes) is 1. The van der Waals surface area contributed by atoms with Crippen molar-refractivity contribution in [3.05, 3.63) is 64.6 Å². The van der Waals surface area contributed by atoms with E-state index in [4.69, 9.17) is 9.47 Å². The maximum Gasteiger partial charge on any atom is 0.358 e. The molecule has 0 aliphatic carbocycles. The lowest BCUT2D eigenvalue weighted by Gasteiger charge is -2.10. The van der Waals surface area contributed by atoms with Crippen LogP contribution < -0.4 is 10.3 Å². The highest BCUT2D eigenvalue weighted by Crippen LogP contribution is 2.30. The van der Waals surface area contributed by atoms with Crippen molar-refractivity contribution in [2.24, 2.45) is 0 Å². The lowest BCUT2D eigenvalue weighted by Crippen LogP contribution is -2.16. The third kappa shape index (κ3) is 3.69. The van der Waals surface area contributed by atoms with Gasteiger partial charge in [-0.3, -0.25) is 4.79 Å². The van der Waals surface area contributed by atoms with Crippen molar-refractivity contribution < 1.29 is 19.4 Å². The first-order valence-corrected chi connectivity index (χ1v) is 8.39. The molecule has 26 heavy (non-hydrogen) atoms. The molecule has 6 nitrogen and oxygen atoms in total.